The van der Waals surface area contributed by atoms with E-state index in [1.54, 1.807) is 0 Å². The Morgan fingerprint density at radius 1 is 1.33 bits per heavy atom. The van der Waals surface area contributed by atoms with E-state index in [1.165, 1.54) is 0 Å². The molecule has 1 rings (SSSR count). The Labute approximate surface area is 87.5 Å². The van der Waals surface area contributed by atoms with Crippen molar-refractivity contribution >= 4 is 11.9 Å². The quantitative estimate of drug-likeness (QED) is 0.550. The van der Waals surface area contributed by atoms with Crippen LogP contribution in [0.2, 0.25) is 0 Å². The van der Waals surface area contributed by atoms with Crippen LogP contribution in [0, 0.1) is 0 Å². The summed E-state index contributed by atoms with van der Waals surface area (Å²) in [5.41, 5.74) is 0. The Morgan fingerprint density at radius 3 is 2.07 bits per heavy atom. The molecule has 6 heteroatoms. The van der Waals surface area contributed by atoms with Crippen LogP contribution in [0.15, 0.2) is 12.2 Å². The van der Waals surface area contributed by atoms with Gasteiger partial charge in [0, 0.05) is 25.2 Å². The lowest BCUT2D eigenvalue weighted by Crippen LogP contribution is -2.36. The number of hydrogen-bond donors (Lipinski definition) is 3. The first-order chi connectivity index (χ1) is 7.02. The van der Waals surface area contributed by atoms with Gasteiger partial charge in [0.15, 0.2) is 0 Å². The molecule has 0 aromatic heterocycles. The summed E-state index contributed by atoms with van der Waals surface area (Å²) in [6.45, 7) is 4.98. The first-order valence-electron chi connectivity index (χ1n) is 4.48. The number of ether oxygens (including phenoxy) is 1. The number of carbonyl (C=O) groups is 2. The maximum Gasteiger partial charge on any atom is 0.328 e. The molecular formula is C9H15NO5. The number of rotatable bonds is 2. The van der Waals surface area contributed by atoms with Crippen molar-refractivity contribution in [2.75, 3.05) is 19.7 Å². The van der Waals surface area contributed by atoms with E-state index < -0.39 is 11.9 Å². The number of aliphatic carboxylic acids is 2. The molecule has 1 unspecified atom stereocenters. The maximum absolute atomic E-state index is 9.55. The van der Waals surface area contributed by atoms with E-state index in [0.717, 1.165) is 19.7 Å². The lowest BCUT2D eigenvalue weighted by Gasteiger charge is -2.18. The highest BCUT2D eigenvalue weighted by atomic mass is 16.5. The fourth-order valence-electron chi connectivity index (χ4n) is 0.839. The summed E-state index contributed by atoms with van der Waals surface area (Å²) in [5, 5.41) is 18.8. The fraction of sp³-hybridized carbons (Fsp3) is 0.556. The summed E-state index contributed by atoms with van der Waals surface area (Å²) in [5.74, 6) is -2.51. The summed E-state index contributed by atoms with van der Waals surface area (Å²) >= 11 is 0. The van der Waals surface area contributed by atoms with Gasteiger partial charge in [-0.1, -0.05) is 0 Å². The van der Waals surface area contributed by atoms with Crippen LogP contribution in [0.1, 0.15) is 6.92 Å². The van der Waals surface area contributed by atoms with E-state index in [1.807, 2.05) is 0 Å². The third-order valence-electron chi connectivity index (χ3n) is 1.48. The maximum atomic E-state index is 9.55. The van der Waals surface area contributed by atoms with Crippen molar-refractivity contribution in [1.29, 1.82) is 0 Å². The third kappa shape index (κ3) is 10.5. The van der Waals surface area contributed by atoms with Gasteiger partial charge in [-0.15, -0.1) is 0 Å². The van der Waals surface area contributed by atoms with Crippen LogP contribution in [-0.4, -0.2) is 48.0 Å². The van der Waals surface area contributed by atoms with Gasteiger partial charge in [0.1, 0.15) is 0 Å². The van der Waals surface area contributed by atoms with E-state index in [9.17, 15) is 9.59 Å². The van der Waals surface area contributed by atoms with Crippen LogP contribution in [0.3, 0.4) is 0 Å². The minimum absolute atomic E-state index is 0.425. The summed E-state index contributed by atoms with van der Waals surface area (Å²) in [4.78, 5) is 19.1. The van der Waals surface area contributed by atoms with Crippen LogP contribution in [0.25, 0.3) is 0 Å². The van der Waals surface area contributed by atoms with E-state index in [4.69, 9.17) is 14.9 Å². The lowest BCUT2D eigenvalue weighted by atomic mass is 10.3. The second-order valence-electron chi connectivity index (χ2n) is 2.90. The number of morpholine rings is 1. The molecule has 1 saturated heterocycles. The molecule has 15 heavy (non-hydrogen) atoms. The summed E-state index contributed by atoms with van der Waals surface area (Å²) in [6.07, 6.45) is 1.54. The molecule has 0 aromatic carbocycles. The van der Waals surface area contributed by atoms with Gasteiger partial charge in [0.05, 0.1) is 12.7 Å². The summed E-state index contributed by atoms with van der Waals surface area (Å²) in [7, 11) is 0. The van der Waals surface area contributed by atoms with Crippen molar-refractivity contribution in [3.63, 3.8) is 0 Å². The average Bonchev–Trinajstić information content (AvgIpc) is 2.17. The SMILES string of the molecule is CC1CNCCO1.O=C(O)/C=C/C(=O)O. The van der Waals surface area contributed by atoms with E-state index in [2.05, 4.69) is 12.2 Å². The minimum atomic E-state index is -1.26. The van der Waals surface area contributed by atoms with Gasteiger partial charge in [-0.05, 0) is 6.92 Å². The molecule has 1 atom stereocenters. The Balaban J connectivity index is 0.000000262. The van der Waals surface area contributed by atoms with Crippen molar-refractivity contribution in [2.45, 2.75) is 13.0 Å². The zero-order chi connectivity index (χ0) is 11.7. The molecular weight excluding hydrogens is 202 g/mol. The molecule has 0 bridgehead atoms. The molecule has 1 heterocycles. The smallest absolute Gasteiger partial charge is 0.328 e. The average molecular weight is 217 g/mol. The molecule has 1 fully saturated rings. The summed E-state index contributed by atoms with van der Waals surface area (Å²) < 4.78 is 5.22. The van der Waals surface area contributed by atoms with E-state index >= 15 is 0 Å². The largest absolute Gasteiger partial charge is 0.478 e. The third-order valence-corrected chi connectivity index (χ3v) is 1.48. The van der Waals surface area contributed by atoms with Crippen LogP contribution in [0.4, 0.5) is 0 Å². The van der Waals surface area contributed by atoms with Gasteiger partial charge in [-0.25, -0.2) is 9.59 Å². The van der Waals surface area contributed by atoms with Gasteiger partial charge in [0.2, 0.25) is 0 Å². The molecule has 3 N–H and O–H groups in total. The molecule has 0 aromatic rings. The Kier molecular flexibility index (Phi) is 7.21. The highest BCUT2D eigenvalue weighted by molar-refractivity contribution is 5.89. The first-order valence-corrected chi connectivity index (χ1v) is 4.48. The van der Waals surface area contributed by atoms with Crippen molar-refractivity contribution in [2.24, 2.45) is 0 Å². The monoisotopic (exact) mass is 217 g/mol. The Hall–Kier alpha value is -1.40. The summed E-state index contributed by atoms with van der Waals surface area (Å²) in [6, 6.07) is 0. The predicted octanol–water partition coefficient (Wildman–Crippen LogP) is -0.293. The van der Waals surface area contributed by atoms with E-state index in [0.29, 0.717) is 18.3 Å². The first kappa shape index (κ1) is 13.6. The van der Waals surface area contributed by atoms with Crippen LogP contribution in [-0.2, 0) is 14.3 Å². The van der Waals surface area contributed by atoms with E-state index in [-0.39, 0.29) is 0 Å². The minimum Gasteiger partial charge on any atom is -0.478 e. The Bertz CT molecular complexity index is 217. The molecule has 0 saturated carbocycles. The number of carboxylic acids is 2. The normalized spacial score (nSPS) is 20.5. The molecule has 0 aliphatic carbocycles. The number of hydrogen-bond acceptors (Lipinski definition) is 4. The topological polar surface area (TPSA) is 95.9 Å². The standard InChI is InChI=1S/C5H11NO.C4H4O4/c1-5-4-6-2-3-7-5;5-3(6)1-2-4(7)8/h5-6H,2-4H2,1H3;1-2H,(H,5,6)(H,7,8)/b;2-1+. The lowest BCUT2D eigenvalue weighted by molar-refractivity contribution is -0.134. The molecule has 1 aliphatic rings. The molecule has 0 spiro atoms. The zero-order valence-corrected chi connectivity index (χ0v) is 8.47. The molecule has 1 aliphatic heterocycles. The second-order valence-corrected chi connectivity index (χ2v) is 2.90. The van der Waals surface area contributed by atoms with Crippen molar-refractivity contribution < 1.29 is 24.5 Å². The van der Waals surface area contributed by atoms with Gasteiger partial charge in [0.25, 0.3) is 0 Å². The zero-order valence-electron chi connectivity index (χ0n) is 8.47. The predicted molar refractivity (Wildman–Crippen MR) is 52.7 cm³/mol. The van der Waals surface area contributed by atoms with Gasteiger partial charge in [-0.2, -0.15) is 0 Å². The van der Waals surface area contributed by atoms with Crippen LogP contribution >= 0.6 is 0 Å². The molecule has 0 radical (unpaired) electrons. The molecule has 6 nitrogen and oxygen atoms in total. The second kappa shape index (κ2) is 7.95. The Morgan fingerprint density at radius 2 is 1.87 bits per heavy atom. The fourth-order valence-corrected chi connectivity index (χ4v) is 0.839. The molecule has 86 valence electrons. The van der Waals surface area contributed by atoms with Gasteiger partial charge in [-0.3, -0.25) is 0 Å². The van der Waals surface area contributed by atoms with Crippen molar-refractivity contribution in [1.82, 2.24) is 5.32 Å². The molecule has 0 amide bonds. The van der Waals surface area contributed by atoms with Crippen molar-refractivity contribution in [3.05, 3.63) is 12.2 Å². The van der Waals surface area contributed by atoms with Crippen LogP contribution in [0.5, 0.6) is 0 Å². The number of carboxylic acid groups (broad SMARTS) is 2. The number of nitrogens with one attached hydrogen (secondary N) is 1. The van der Waals surface area contributed by atoms with Gasteiger partial charge < -0.3 is 20.3 Å². The van der Waals surface area contributed by atoms with Crippen molar-refractivity contribution in [3.8, 4) is 0 Å². The highest BCUT2D eigenvalue weighted by Crippen LogP contribution is 1.91. The van der Waals surface area contributed by atoms with Gasteiger partial charge >= 0.3 is 11.9 Å². The highest BCUT2D eigenvalue weighted by Gasteiger charge is 2.04. The van der Waals surface area contributed by atoms with Crippen LogP contribution < -0.4 is 5.32 Å².